The molecule has 0 saturated carbocycles. The van der Waals surface area contributed by atoms with Crippen molar-refractivity contribution in [3.63, 3.8) is 0 Å². The summed E-state index contributed by atoms with van der Waals surface area (Å²) in [7, 11) is 0. The average molecular weight is 306 g/mol. The number of hydrogen-bond acceptors (Lipinski definition) is 3. The van der Waals surface area contributed by atoms with Crippen LogP contribution in [0.2, 0.25) is 5.02 Å². The molecule has 0 atom stereocenters. The summed E-state index contributed by atoms with van der Waals surface area (Å²) >= 11 is 7.81. The first kappa shape index (κ1) is 13.6. The van der Waals surface area contributed by atoms with Crippen molar-refractivity contribution in [3.05, 3.63) is 51.1 Å². The van der Waals surface area contributed by atoms with E-state index in [-0.39, 0.29) is 0 Å². The number of aromatic nitrogens is 2. The monoisotopic (exact) mass is 305 g/mol. The molecule has 3 nitrogen and oxygen atoms in total. The smallest absolute Gasteiger partial charge is 0.0898 e. The molecule has 0 radical (unpaired) electrons. The van der Waals surface area contributed by atoms with Crippen molar-refractivity contribution in [1.29, 1.82) is 0 Å². The third kappa shape index (κ3) is 2.59. The highest BCUT2D eigenvalue weighted by molar-refractivity contribution is 7.09. The molecule has 104 valence electrons. The van der Waals surface area contributed by atoms with Gasteiger partial charge in [-0.15, -0.1) is 11.3 Å². The minimum absolute atomic E-state index is 0.650. The first-order valence-electron chi connectivity index (χ1n) is 6.55. The van der Waals surface area contributed by atoms with Crippen LogP contribution in [0.15, 0.2) is 29.8 Å². The van der Waals surface area contributed by atoms with E-state index in [1.54, 1.807) is 11.3 Å². The second-order valence-electron chi connectivity index (χ2n) is 4.84. The van der Waals surface area contributed by atoms with E-state index in [2.05, 4.69) is 27.2 Å². The Kier molecular flexibility index (Phi) is 3.78. The summed E-state index contributed by atoms with van der Waals surface area (Å²) in [6.45, 7) is 3.45. The van der Waals surface area contributed by atoms with Crippen LogP contribution in [-0.2, 0) is 13.0 Å². The van der Waals surface area contributed by atoms with Crippen LogP contribution in [0, 0.1) is 6.92 Å². The number of aryl methyl sites for hydroxylation is 1. The van der Waals surface area contributed by atoms with Gasteiger partial charge in [0, 0.05) is 22.0 Å². The number of halogens is 1. The van der Waals surface area contributed by atoms with Gasteiger partial charge in [-0.1, -0.05) is 17.7 Å². The van der Waals surface area contributed by atoms with Gasteiger partial charge in [-0.3, -0.25) is 0 Å². The molecule has 2 heterocycles. The summed E-state index contributed by atoms with van der Waals surface area (Å²) in [4.78, 5) is 4.53. The lowest BCUT2D eigenvalue weighted by molar-refractivity contribution is 0.804. The Morgan fingerprint density at radius 1 is 1.40 bits per heavy atom. The fourth-order valence-electron chi connectivity index (χ4n) is 2.48. The van der Waals surface area contributed by atoms with Crippen molar-refractivity contribution in [2.75, 3.05) is 6.54 Å². The Balaban J connectivity index is 2.06. The van der Waals surface area contributed by atoms with Crippen LogP contribution < -0.4 is 5.73 Å². The van der Waals surface area contributed by atoms with E-state index in [0.29, 0.717) is 6.54 Å². The van der Waals surface area contributed by atoms with Crippen LogP contribution in [-0.4, -0.2) is 16.1 Å². The van der Waals surface area contributed by atoms with E-state index in [4.69, 9.17) is 17.3 Å². The molecule has 20 heavy (non-hydrogen) atoms. The minimum Gasteiger partial charge on any atom is -0.341 e. The summed E-state index contributed by atoms with van der Waals surface area (Å²) in [5.74, 6) is 0. The molecule has 0 bridgehead atoms. The largest absolute Gasteiger partial charge is 0.341 e. The van der Waals surface area contributed by atoms with Crippen LogP contribution in [0.25, 0.3) is 10.9 Å². The van der Waals surface area contributed by atoms with Crippen molar-refractivity contribution in [1.82, 2.24) is 9.55 Å². The van der Waals surface area contributed by atoms with Gasteiger partial charge in [-0.2, -0.15) is 0 Å². The summed E-state index contributed by atoms with van der Waals surface area (Å²) in [5, 5.41) is 5.18. The Hall–Kier alpha value is -1.36. The molecule has 0 unspecified atom stereocenters. The maximum absolute atomic E-state index is 6.13. The lowest BCUT2D eigenvalue weighted by atomic mass is 10.1. The van der Waals surface area contributed by atoms with Gasteiger partial charge in [-0.25, -0.2) is 4.98 Å². The molecule has 0 saturated heterocycles. The van der Waals surface area contributed by atoms with E-state index in [1.165, 1.54) is 10.9 Å². The predicted octanol–water partition coefficient (Wildman–Crippen LogP) is 3.61. The number of nitrogens with zero attached hydrogens (tertiary/aromatic N) is 2. The van der Waals surface area contributed by atoms with Crippen molar-refractivity contribution < 1.29 is 0 Å². The molecule has 0 spiro atoms. The zero-order chi connectivity index (χ0) is 14.1. The third-order valence-electron chi connectivity index (χ3n) is 3.34. The molecule has 3 aromatic rings. The predicted molar refractivity (Wildman–Crippen MR) is 85.7 cm³/mol. The topological polar surface area (TPSA) is 43.8 Å². The molecule has 5 heteroatoms. The highest BCUT2D eigenvalue weighted by Gasteiger charge is 2.10. The lowest BCUT2D eigenvalue weighted by Gasteiger charge is -2.03. The van der Waals surface area contributed by atoms with Gasteiger partial charge < -0.3 is 10.3 Å². The van der Waals surface area contributed by atoms with Gasteiger partial charge >= 0.3 is 0 Å². The first-order valence-corrected chi connectivity index (χ1v) is 7.81. The summed E-state index contributed by atoms with van der Waals surface area (Å²) < 4.78 is 2.21. The standard InChI is InChI=1S/C15H16ClN3S/c1-10-18-13(9-20-10)8-19-7-11(4-5-17)14-3-2-12(16)6-15(14)19/h2-3,6-7,9H,4-5,8,17H2,1H3. The van der Waals surface area contributed by atoms with E-state index >= 15 is 0 Å². The minimum atomic E-state index is 0.650. The lowest BCUT2D eigenvalue weighted by Crippen LogP contribution is -2.02. The molecular formula is C15H16ClN3S. The summed E-state index contributed by atoms with van der Waals surface area (Å²) in [5.41, 5.74) is 9.20. The third-order valence-corrected chi connectivity index (χ3v) is 4.40. The van der Waals surface area contributed by atoms with Gasteiger partial charge in [0.15, 0.2) is 0 Å². The zero-order valence-corrected chi connectivity index (χ0v) is 12.8. The van der Waals surface area contributed by atoms with Crippen LogP contribution in [0.4, 0.5) is 0 Å². The Bertz CT molecular complexity index is 745. The quantitative estimate of drug-likeness (QED) is 0.800. The highest BCUT2D eigenvalue weighted by Crippen LogP contribution is 2.26. The van der Waals surface area contributed by atoms with Crippen molar-refractivity contribution in [3.8, 4) is 0 Å². The number of fused-ring (bicyclic) bond motifs is 1. The van der Waals surface area contributed by atoms with Crippen molar-refractivity contribution >= 4 is 33.8 Å². The number of thiazole rings is 1. The summed E-state index contributed by atoms with van der Waals surface area (Å²) in [6.07, 6.45) is 3.05. The van der Waals surface area contributed by atoms with Gasteiger partial charge in [-0.05, 0) is 37.6 Å². The molecule has 0 aliphatic heterocycles. The highest BCUT2D eigenvalue weighted by atomic mass is 35.5. The van der Waals surface area contributed by atoms with Crippen LogP contribution >= 0.6 is 22.9 Å². The fraction of sp³-hybridized carbons (Fsp3) is 0.267. The van der Waals surface area contributed by atoms with Crippen molar-refractivity contribution in [2.24, 2.45) is 5.73 Å². The maximum Gasteiger partial charge on any atom is 0.0898 e. The molecular weight excluding hydrogens is 290 g/mol. The van der Waals surface area contributed by atoms with Crippen molar-refractivity contribution in [2.45, 2.75) is 19.9 Å². The molecule has 3 rings (SSSR count). The number of nitrogens with two attached hydrogens (primary N) is 1. The normalized spacial score (nSPS) is 11.3. The second-order valence-corrected chi connectivity index (χ2v) is 6.34. The molecule has 1 aromatic carbocycles. The average Bonchev–Trinajstić information content (AvgIpc) is 2.96. The van der Waals surface area contributed by atoms with Gasteiger partial charge in [0.2, 0.25) is 0 Å². The Morgan fingerprint density at radius 3 is 2.95 bits per heavy atom. The molecule has 0 amide bonds. The van der Waals surface area contributed by atoms with Crippen LogP contribution in [0.1, 0.15) is 16.3 Å². The number of rotatable bonds is 4. The summed E-state index contributed by atoms with van der Waals surface area (Å²) in [6, 6.07) is 6.02. The Labute approximate surface area is 127 Å². The van der Waals surface area contributed by atoms with E-state index in [0.717, 1.165) is 34.2 Å². The molecule has 0 aliphatic carbocycles. The molecule has 0 fully saturated rings. The molecule has 0 aliphatic rings. The SMILES string of the molecule is Cc1nc(Cn2cc(CCN)c3ccc(Cl)cc32)cs1. The number of benzene rings is 1. The fourth-order valence-corrected chi connectivity index (χ4v) is 3.25. The second kappa shape index (κ2) is 5.56. The van der Waals surface area contributed by atoms with E-state index < -0.39 is 0 Å². The first-order chi connectivity index (χ1) is 9.67. The zero-order valence-electron chi connectivity index (χ0n) is 11.3. The molecule has 2 N–H and O–H groups in total. The Morgan fingerprint density at radius 2 is 2.25 bits per heavy atom. The van der Waals surface area contributed by atoms with Gasteiger partial charge in [0.25, 0.3) is 0 Å². The van der Waals surface area contributed by atoms with Crippen LogP contribution in [0.3, 0.4) is 0 Å². The van der Waals surface area contributed by atoms with Gasteiger partial charge in [0.1, 0.15) is 0 Å². The maximum atomic E-state index is 6.13. The van der Waals surface area contributed by atoms with E-state index in [1.807, 2.05) is 19.1 Å². The van der Waals surface area contributed by atoms with Gasteiger partial charge in [0.05, 0.1) is 22.8 Å². The van der Waals surface area contributed by atoms with E-state index in [9.17, 15) is 0 Å². The number of hydrogen-bond donors (Lipinski definition) is 1. The van der Waals surface area contributed by atoms with Crippen LogP contribution in [0.5, 0.6) is 0 Å². The molecule has 2 aromatic heterocycles.